The average molecular weight is 371 g/mol. The molecule has 2 aliphatic heterocycles. The zero-order valence-corrected chi connectivity index (χ0v) is 15.5. The molecule has 0 unspecified atom stereocenters. The van der Waals surface area contributed by atoms with E-state index in [9.17, 15) is 14.3 Å². The third kappa shape index (κ3) is 3.29. The molecule has 2 heterocycles. The zero-order valence-electron chi connectivity index (χ0n) is 15.5. The number of rotatable bonds is 2. The SMILES string of the molecule is N#Cc1ccc(N2CCC[C@]3(CCN([C@H]4CC[C@@H](O)CC4)C3=O)C2)cc1F. The number of piperidine rings is 1. The minimum atomic E-state index is -0.505. The number of carbonyl (C=O) groups is 1. The van der Waals surface area contributed by atoms with Crippen molar-refractivity contribution in [3.63, 3.8) is 0 Å². The molecule has 0 bridgehead atoms. The monoisotopic (exact) mass is 371 g/mol. The van der Waals surface area contributed by atoms with Gasteiger partial charge in [-0.25, -0.2) is 4.39 Å². The van der Waals surface area contributed by atoms with E-state index in [-0.39, 0.29) is 29.0 Å². The second kappa shape index (κ2) is 7.12. The van der Waals surface area contributed by atoms with E-state index >= 15 is 0 Å². The van der Waals surface area contributed by atoms with E-state index < -0.39 is 5.82 Å². The number of hydrogen-bond donors (Lipinski definition) is 1. The van der Waals surface area contributed by atoms with E-state index in [1.807, 2.05) is 6.07 Å². The maximum absolute atomic E-state index is 14.0. The highest BCUT2D eigenvalue weighted by atomic mass is 19.1. The summed E-state index contributed by atoms with van der Waals surface area (Å²) in [6.45, 7) is 2.20. The van der Waals surface area contributed by atoms with Gasteiger partial charge >= 0.3 is 0 Å². The van der Waals surface area contributed by atoms with Gasteiger partial charge in [0.2, 0.25) is 5.91 Å². The highest BCUT2D eigenvalue weighted by molar-refractivity contribution is 5.86. The van der Waals surface area contributed by atoms with Crippen LogP contribution >= 0.6 is 0 Å². The Kier molecular flexibility index (Phi) is 4.81. The maximum Gasteiger partial charge on any atom is 0.230 e. The number of halogens is 1. The highest BCUT2D eigenvalue weighted by Gasteiger charge is 2.50. The minimum Gasteiger partial charge on any atom is -0.393 e. The lowest BCUT2D eigenvalue weighted by molar-refractivity contribution is -0.139. The third-order valence-electron chi connectivity index (χ3n) is 6.67. The van der Waals surface area contributed by atoms with Crippen LogP contribution in [0, 0.1) is 22.6 Å². The number of likely N-dealkylation sites (tertiary alicyclic amines) is 1. The third-order valence-corrected chi connectivity index (χ3v) is 6.67. The van der Waals surface area contributed by atoms with Crippen LogP contribution in [0.4, 0.5) is 10.1 Å². The van der Waals surface area contributed by atoms with Crippen LogP contribution in [-0.2, 0) is 4.79 Å². The molecule has 1 spiro atoms. The molecule has 0 aromatic heterocycles. The van der Waals surface area contributed by atoms with Crippen LogP contribution in [-0.4, -0.2) is 47.7 Å². The second-order valence-corrected chi connectivity index (χ2v) is 8.29. The smallest absolute Gasteiger partial charge is 0.230 e. The van der Waals surface area contributed by atoms with Crippen LogP contribution in [0.5, 0.6) is 0 Å². The summed E-state index contributed by atoms with van der Waals surface area (Å²) < 4.78 is 14.0. The molecule has 27 heavy (non-hydrogen) atoms. The average Bonchev–Trinajstić information content (AvgIpc) is 2.98. The summed E-state index contributed by atoms with van der Waals surface area (Å²) in [5.41, 5.74) is 0.421. The van der Waals surface area contributed by atoms with Gasteiger partial charge < -0.3 is 14.9 Å². The number of amides is 1. The second-order valence-electron chi connectivity index (χ2n) is 8.29. The molecule has 1 aromatic rings. The van der Waals surface area contributed by atoms with Gasteiger partial charge in [0.15, 0.2) is 0 Å². The van der Waals surface area contributed by atoms with Crippen LogP contribution in [0.2, 0.25) is 0 Å². The fourth-order valence-electron chi connectivity index (χ4n) is 5.09. The van der Waals surface area contributed by atoms with Crippen molar-refractivity contribution in [1.82, 2.24) is 4.90 Å². The van der Waals surface area contributed by atoms with E-state index in [4.69, 9.17) is 5.26 Å². The quantitative estimate of drug-likeness (QED) is 0.868. The highest BCUT2D eigenvalue weighted by Crippen LogP contribution is 2.43. The van der Waals surface area contributed by atoms with Crippen LogP contribution in [0.3, 0.4) is 0 Å². The maximum atomic E-state index is 14.0. The molecule has 1 atom stereocenters. The molecule has 1 N–H and O–H groups in total. The van der Waals surface area contributed by atoms with Crippen LogP contribution in [0.25, 0.3) is 0 Å². The summed E-state index contributed by atoms with van der Waals surface area (Å²) in [5, 5.41) is 18.7. The number of anilines is 1. The van der Waals surface area contributed by atoms with Gasteiger partial charge in [0.05, 0.1) is 17.1 Å². The first-order valence-corrected chi connectivity index (χ1v) is 9.96. The molecular formula is C21H26FN3O2. The number of aliphatic hydroxyl groups excluding tert-OH is 1. The van der Waals surface area contributed by atoms with Crippen LogP contribution < -0.4 is 4.90 Å². The molecule has 2 saturated heterocycles. The van der Waals surface area contributed by atoms with E-state index in [0.29, 0.717) is 6.54 Å². The number of benzene rings is 1. The molecule has 4 rings (SSSR count). The van der Waals surface area contributed by atoms with Gasteiger partial charge in [0, 0.05) is 31.4 Å². The molecule has 144 valence electrons. The Labute approximate surface area is 159 Å². The molecule has 1 saturated carbocycles. The fourth-order valence-corrected chi connectivity index (χ4v) is 5.09. The number of aliphatic hydroxyl groups is 1. The van der Waals surface area contributed by atoms with E-state index in [0.717, 1.165) is 63.7 Å². The Morgan fingerprint density at radius 1 is 1.19 bits per heavy atom. The number of hydrogen-bond acceptors (Lipinski definition) is 4. The lowest BCUT2D eigenvalue weighted by Crippen LogP contribution is -2.50. The molecule has 1 amide bonds. The molecule has 1 aromatic carbocycles. The first-order valence-electron chi connectivity index (χ1n) is 9.96. The summed E-state index contributed by atoms with van der Waals surface area (Å²) >= 11 is 0. The van der Waals surface area contributed by atoms with Crippen LogP contribution in [0.15, 0.2) is 18.2 Å². The summed E-state index contributed by atoms with van der Waals surface area (Å²) in [4.78, 5) is 17.5. The van der Waals surface area contributed by atoms with Gasteiger partial charge in [0.1, 0.15) is 11.9 Å². The van der Waals surface area contributed by atoms with Crippen molar-refractivity contribution in [3.05, 3.63) is 29.6 Å². The molecular weight excluding hydrogens is 345 g/mol. The number of nitrogens with zero attached hydrogens (tertiary/aromatic N) is 3. The predicted molar refractivity (Wildman–Crippen MR) is 99.6 cm³/mol. The zero-order chi connectivity index (χ0) is 19.0. The predicted octanol–water partition coefficient (Wildman–Crippen LogP) is 2.82. The Balaban J connectivity index is 1.50. The minimum absolute atomic E-state index is 0.0491. The Morgan fingerprint density at radius 3 is 2.67 bits per heavy atom. The van der Waals surface area contributed by atoms with Gasteiger partial charge in [-0.3, -0.25) is 4.79 Å². The lowest BCUT2D eigenvalue weighted by Gasteiger charge is -2.41. The lowest BCUT2D eigenvalue weighted by atomic mass is 9.78. The van der Waals surface area contributed by atoms with Crippen molar-refractivity contribution >= 4 is 11.6 Å². The van der Waals surface area contributed by atoms with Crippen molar-refractivity contribution in [1.29, 1.82) is 5.26 Å². The largest absolute Gasteiger partial charge is 0.393 e. The van der Waals surface area contributed by atoms with Gasteiger partial charge in [-0.1, -0.05) is 0 Å². The van der Waals surface area contributed by atoms with E-state index in [2.05, 4.69) is 9.80 Å². The van der Waals surface area contributed by atoms with Crippen molar-refractivity contribution in [2.45, 2.75) is 57.1 Å². The summed E-state index contributed by atoms with van der Waals surface area (Å²) in [6, 6.07) is 6.82. The molecule has 5 nitrogen and oxygen atoms in total. The van der Waals surface area contributed by atoms with Crippen molar-refractivity contribution < 1.29 is 14.3 Å². The summed E-state index contributed by atoms with van der Waals surface area (Å²) in [6.07, 6.45) is 5.74. The summed E-state index contributed by atoms with van der Waals surface area (Å²) in [7, 11) is 0. The van der Waals surface area contributed by atoms with Gasteiger partial charge in [0.25, 0.3) is 0 Å². The fraction of sp³-hybridized carbons (Fsp3) is 0.619. The van der Waals surface area contributed by atoms with Crippen molar-refractivity contribution in [2.75, 3.05) is 24.5 Å². The molecule has 3 aliphatic rings. The first kappa shape index (κ1) is 18.2. The van der Waals surface area contributed by atoms with Gasteiger partial charge in [-0.05, 0) is 63.1 Å². The van der Waals surface area contributed by atoms with Gasteiger partial charge in [-0.15, -0.1) is 0 Å². The van der Waals surface area contributed by atoms with Gasteiger partial charge in [-0.2, -0.15) is 5.26 Å². The normalized spacial score (nSPS) is 31.4. The molecule has 1 aliphatic carbocycles. The standard InChI is InChI=1S/C21H26FN3O2/c22-19-12-17(3-2-15(19)13-23)24-10-1-8-21(14-24)9-11-25(20(21)27)16-4-6-18(26)7-5-16/h2-3,12,16,18,26H,1,4-11,14H2/t16-,18+,21-/m0/s1. The van der Waals surface area contributed by atoms with Crippen molar-refractivity contribution in [3.8, 4) is 6.07 Å². The number of nitriles is 1. The van der Waals surface area contributed by atoms with Crippen LogP contribution in [0.1, 0.15) is 50.5 Å². The topological polar surface area (TPSA) is 67.6 Å². The molecule has 0 radical (unpaired) electrons. The Bertz CT molecular complexity index is 769. The molecule has 3 fully saturated rings. The van der Waals surface area contributed by atoms with Crippen molar-refractivity contribution in [2.24, 2.45) is 5.41 Å². The molecule has 6 heteroatoms. The van der Waals surface area contributed by atoms with E-state index in [1.165, 1.54) is 12.1 Å². The number of carbonyl (C=O) groups excluding carboxylic acids is 1. The van der Waals surface area contributed by atoms with E-state index in [1.54, 1.807) is 6.07 Å². The Morgan fingerprint density at radius 2 is 1.96 bits per heavy atom. The summed E-state index contributed by atoms with van der Waals surface area (Å²) in [5.74, 6) is -0.266. The Hall–Kier alpha value is -2.13. The first-order chi connectivity index (χ1) is 13.0.